The van der Waals surface area contributed by atoms with Gasteiger partial charge in [0, 0.05) is 19.2 Å². The molecule has 0 bridgehead atoms. The molecule has 35 heavy (non-hydrogen) atoms. The molecule has 3 unspecified atom stereocenters. The van der Waals surface area contributed by atoms with Crippen molar-refractivity contribution in [1.82, 2.24) is 14.5 Å². The van der Waals surface area contributed by atoms with Crippen LogP contribution in [-0.2, 0) is 16.4 Å². The summed E-state index contributed by atoms with van der Waals surface area (Å²) >= 11 is 0. The molecule has 2 N–H and O–H groups in total. The van der Waals surface area contributed by atoms with E-state index in [1.54, 1.807) is 42.5 Å². The van der Waals surface area contributed by atoms with E-state index in [2.05, 4.69) is 4.72 Å². The van der Waals surface area contributed by atoms with Gasteiger partial charge in [0.25, 0.3) is 0 Å². The number of carbonyl (C=O) groups is 1. The minimum absolute atomic E-state index is 0.0369. The van der Waals surface area contributed by atoms with Crippen molar-refractivity contribution in [3.8, 4) is 11.1 Å². The third kappa shape index (κ3) is 5.79. The Hall–Kier alpha value is -2.63. The maximum absolute atomic E-state index is 15.5. The molecule has 7 nitrogen and oxygen atoms in total. The van der Waals surface area contributed by atoms with Crippen molar-refractivity contribution in [2.75, 3.05) is 26.7 Å². The maximum atomic E-state index is 15.5. The molecule has 0 aliphatic carbocycles. The highest BCUT2D eigenvalue weighted by molar-refractivity contribution is 7.90. The van der Waals surface area contributed by atoms with E-state index in [9.17, 15) is 22.7 Å². The molecule has 0 radical (unpaired) electrons. The number of nitrogens with zero attached hydrogens (tertiary/aromatic N) is 2. The van der Waals surface area contributed by atoms with E-state index in [-0.39, 0.29) is 25.1 Å². The number of hydrogen-bond donors (Lipinski definition) is 2. The molecule has 0 spiro atoms. The van der Waals surface area contributed by atoms with Crippen LogP contribution in [0.1, 0.15) is 19.4 Å². The number of aliphatic hydroxyl groups excluding tert-OH is 1. The average Bonchev–Trinajstić information content (AvgIpc) is 3.09. The van der Waals surface area contributed by atoms with Crippen molar-refractivity contribution in [3.05, 3.63) is 59.9 Å². The molecule has 2 aromatic carbocycles. The van der Waals surface area contributed by atoms with E-state index in [0.717, 1.165) is 23.6 Å². The topological polar surface area (TPSA) is 89.9 Å². The monoisotopic (exact) mass is 513 g/mol. The molecule has 192 valence electrons. The summed E-state index contributed by atoms with van der Waals surface area (Å²) in [4.78, 5) is 15.3. The second-order valence-corrected chi connectivity index (χ2v) is 11.2. The lowest BCUT2D eigenvalue weighted by atomic mass is 9.96. The second kappa shape index (κ2) is 10.5. The largest absolute Gasteiger partial charge is 0.395 e. The smallest absolute Gasteiger partial charge is 0.320 e. The van der Waals surface area contributed by atoms with Crippen LogP contribution in [0.15, 0.2) is 48.5 Å². The van der Waals surface area contributed by atoms with Gasteiger partial charge in [-0.2, -0.15) is 0 Å². The van der Waals surface area contributed by atoms with Crippen LogP contribution in [-0.4, -0.2) is 79.4 Å². The number of halogens is 3. The third-order valence-corrected chi connectivity index (χ3v) is 7.97. The van der Waals surface area contributed by atoms with Crippen molar-refractivity contribution in [2.45, 2.75) is 43.5 Å². The zero-order chi connectivity index (χ0) is 26.0. The van der Waals surface area contributed by atoms with Gasteiger partial charge in [0.2, 0.25) is 15.0 Å². The zero-order valence-electron chi connectivity index (χ0n) is 19.8. The van der Waals surface area contributed by atoms with Crippen LogP contribution < -0.4 is 4.72 Å². The maximum Gasteiger partial charge on any atom is 0.320 e. The van der Waals surface area contributed by atoms with E-state index in [4.69, 9.17) is 0 Å². The molecule has 1 heterocycles. The van der Waals surface area contributed by atoms with Crippen molar-refractivity contribution >= 4 is 16.1 Å². The number of hydrogen-bond acceptors (Lipinski definition) is 4. The summed E-state index contributed by atoms with van der Waals surface area (Å²) in [6.07, 6.45) is -2.07. The van der Waals surface area contributed by atoms with E-state index in [1.807, 2.05) is 0 Å². The first-order chi connectivity index (χ1) is 16.4. The minimum atomic E-state index is -4.62. The van der Waals surface area contributed by atoms with Crippen LogP contribution in [0.2, 0.25) is 0 Å². The highest BCUT2D eigenvalue weighted by Crippen LogP contribution is 2.31. The number of likely N-dealkylation sites (tertiary alicyclic amines) is 1. The van der Waals surface area contributed by atoms with Gasteiger partial charge in [0.1, 0.15) is 12.0 Å². The fourth-order valence-corrected chi connectivity index (χ4v) is 5.01. The number of rotatable bonds is 8. The van der Waals surface area contributed by atoms with E-state index >= 15 is 8.78 Å². The first-order valence-electron chi connectivity index (χ1n) is 11.2. The molecule has 2 aromatic rings. The van der Waals surface area contributed by atoms with Crippen LogP contribution >= 0.6 is 0 Å². The molecule has 0 aromatic heterocycles. The standard InChI is InChI=1S/C24H30F3N3O4S/c1-24(2,27)35(33,34)28-22-19(25)15-30(23(32)29(3)12-13-31)20(22)14-17-10-7-11-18(21(17)26)16-8-5-4-6-9-16/h4-11,19-20,22,28,31H,12-15H2,1-3H3. The first kappa shape index (κ1) is 27.0. The van der Waals surface area contributed by atoms with Gasteiger partial charge in [-0.15, -0.1) is 0 Å². The van der Waals surface area contributed by atoms with Crippen molar-refractivity contribution in [2.24, 2.45) is 0 Å². The number of urea groups is 1. The molecular formula is C24H30F3N3O4S. The summed E-state index contributed by atoms with van der Waals surface area (Å²) in [5.41, 5.74) is 1.07. The summed E-state index contributed by atoms with van der Waals surface area (Å²) in [5.74, 6) is -0.579. The third-order valence-electron chi connectivity index (χ3n) is 6.11. The van der Waals surface area contributed by atoms with Crippen LogP contribution in [0.5, 0.6) is 0 Å². The Labute approximate surface area is 203 Å². The second-order valence-electron chi connectivity index (χ2n) is 9.02. The van der Waals surface area contributed by atoms with Crippen LogP contribution in [0, 0.1) is 5.82 Å². The van der Waals surface area contributed by atoms with Gasteiger partial charge in [-0.05, 0) is 31.4 Å². The van der Waals surface area contributed by atoms with Gasteiger partial charge in [0.05, 0.1) is 25.2 Å². The minimum Gasteiger partial charge on any atom is -0.395 e. The number of aliphatic hydroxyl groups is 1. The Kier molecular flexibility index (Phi) is 8.13. The lowest BCUT2D eigenvalue weighted by Crippen LogP contribution is -2.54. The fraction of sp³-hybridized carbons (Fsp3) is 0.458. The number of sulfonamides is 1. The predicted molar refractivity (Wildman–Crippen MR) is 127 cm³/mol. The van der Waals surface area contributed by atoms with Crippen LogP contribution in [0.3, 0.4) is 0 Å². The van der Waals surface area contributed by atoms with Crippen LogP contribution in [0.25, 0.3) is 11.1 Å². The van der Waals surface area contributed by atoms with Crippen LogP contribution in [0.4, 0.5) is 18.0 Å². The number of likely N-dealkylation sites (N-methyl/N-ethyl adjacent to an activating group) is 1. The normalized spacial score (nSPS) is 20.8. The predicted octanol–water partition coefficient (Wildman–Crippen LogP) is 3.10. The van der Waals surface area contributed by atoms with E-state index in [1.165, 1.54) is 13.1 Å². The highest BCUT2D eigenvalue weighted by Gasteiger charge is 2.49. The fourth-order valence-electron chi connectivity index (χ4n) is 4.07. The molecule has 1 fully saturated rings. The van der Waals surface area contributed by atoms with Crippen molar-refractivity contribution in [1.29, 1.82) is 0 Å². The Balaban J connectivity index is 2.01. The molecule has 1 aliphatic heterocycles. The molecule has 1 saturated heterocycles. The molecule has 3 atom stereocenters. The molecule has 11 heteroatoms. The first-order valence-corrected chi connectivity index (χ1v) is 12.7. The summed E-state index contributed by atoms with van der Waals surface area (Å²) in [6, 6.07) is 10.2. The summed E-state index contributed by atoms with van der Waals surface area (Å²) in [7, 11) is -3.22. The lowest BCUT2D eigenvalue weighted by molar-refractivity contribution is 0.143. The van der Waals surface area contributed by atoms with Gasteiger partial charge in [-0.3, -0.25) is 0 Å². The molecule has 0 saturated carbocycles. The van der Waals surface area contributed by atoms with Gasteiger partial charge in [0.15, 0.2) is 0 Å². The summed E-state index contributed by atoms with van der Waals surface area (Å²) < 4.78 is 72.1. The molecule has 1 aliphatic rings. The Morgan fingerprint density at radius 3 is 2.46 bits per heavy atom. The number of nitrogens with one attached hydrogen (secondary N) is 1. The zero-order valence-corrected chi connectivity index (χ0v) is 20.6. The van der Waals surface area contributed by atoms with Gasteiger partial charge in [-0.25, -0.2) is 31.1 Å². The van der Waals surface area contributed by atoms with Crippen molar-refractivity contribution in [3.63, 3.8) is 0 Å². The Bertz CT molecular complexity index is 1140. The number of benzene rings is 2. The highest BCUT2D eigenvalue weighted by atomic mass is 32.2. The van der Waals surface area contributed by atoms with E-state index < -0.39 is 51.7 Å². The van der Waals surface area contributed by atoms with E-state index in [0.29, 0.717) is 11.1 Å². The van der Waals surface area contributed by atoms with Gasteiger partial charge in [-0.1, -0.05) is 48.5 Å². The Morgan fingerprint density at radius 2 is 1.86 bits per heavy atom. The van der Waals surface area contributed by atoms with Crippen molar-refractivity contribution < 1.29 is 31.5 Å². The summed E-state index contributed by atoms with van der Waals surface area (Å²) in [5, 5.41) is 6.47. The quantitative estimate of drug-likeness (QED) is 0.568. The number of carbonyl (C=O) groups excluding carboxylic acids is 1. The number of alkyl halides is 2. The Morgan fingerprint density at radius 1 is 1.20 bits per heavy atom. The molecular weight excluding hydrogens is 483 g/mol. The summed E-state index contributed by atoms with van der Waals surface area (Å²) in [6.45, 7) is 0.810. The molecule has 3 rings (SSSR count). The number of amides is 2. The van der Waals surface area contributed by atoms with Gasteiger partial charge < -0.3 is 14.9 Å². The average molecular weight is 514 g/mol. The lowest BCUT2D eigenvalue weighted by Gasteiger charge is -2.32. The van der Waals surface area contributed by atoms with Gasteiger partial charge >= 0.3 is 6.03 Å². The SMILES string of the molecule is CN(CCO)C(=O)N1CC(F)C(NS(=O)(=O)C(C)(C)F)C1Cc1cccc(-c2ccccc2)c1F. The molecule has 2 amide bonds.